The molecule has 0 radical (unpaired) electrons. The smallest absolute Gasteiger partial charge is 0.309 e. The summed E-state index contributed by atoms with van der Waals surface area (Å²) in [5.74, 6) is -0.634. The molecular weight excluding hydrogens is 248 g/mol. The lowest BCUT2D eigenvalue weighted by atomic mass is 9.64. The van der Waals surface area contributed by atoms with Crippen LogP contribution in [0.5, 0.6) is 0 Å². The highest BCUT2D eigenvalue weighted by molar-refractivity contribution is 5.75. The van der Waals surface area contributed by atoms with Crippen LogP contribution in [0.3, 0.4) is 0 Å². The Kier molecular flexibility index (Phi) is 4.32. The van der Waals surface area contributed by atoms with Crippen LogP contribution in [-0.4, -0.2) is 11.1 Å². The molecule has 0 aliphatic heterocycles. The zero-order valence-electron chi connectivity index (χ0n) is 12.4. The van der Waals surface area contributed by atoms with Crippen molar-refractivity contribution in [3.05, 3.63) is 42.0 Å². The molecule has 108 valence electrons. The molecule has 0 heterocycles. The Labute approximate surface area is 121 Å². The number of hydrogen-bond acceptors (Lipinski definition) is 1. The molecule has 2 heteroatoms. The van der Waals surface area contributed by atoms with Gasteiger partial charge in [-0.25, -0.2) is 0 Å². The summed E-state index contributed by atoms with van der Waals surface area (Å²) in [6, 6.07) is 10.0. The van der Waals surface area contributed by atoms with E-state index in [0.29, 0.717) is 11.8 Å². The van der Waals surface area contributed by atoms with E-state index >= 15 is 0 Å². The van der Waals surface area contributed by atoms with Crippen molar-refractivity contribution in [1.29, 1.82) is 0 Å². The van der Waals surface area contributed by atoms with E-state index in [9.17, 15) is 9.90 Å². The summed E-state index contributed by atoms with van der Waals surface area (Å²) in [5.41, 5.74) is 0.868. The van der Waals surface area contributed by atoms with Crippen molar-refractivity contribution >= 4 is 12.0 Å². The molecule has 0 amide bonds. The van der Waals surface area contributed by atoms with Crippen LogP contribution in [0.2, 0.25) is 0 Å². The highest BCUT2D eigenvalue weighted by atomic mass is 16.4. The summed E-state index contributed by atoms with van der Waals surface area (Å²) in [6.07, 6.45) is 8.26. The first-order chi connectivity index (χ1) is 9.44. The second-order valence-corrected chi connectivity index (χ2v) is 6.77. The first-order valence-electron chi connectivity index (χ1n) is 7.39. The van der Waals surface area contributed by atoms with Crippen LogP contribution in [0.15, 0.2) is 36.4 Å². The molecule has 0 unspecified atom stereocenters. The third-order valence-electron chi connectivity index (χ3n) is 4.63. The van der Waals surface area contributed by atoms with Crippen LogP contribution >= 0.6 is 0 Å². The molecular formula is C18H24O2. The topological polar surface area (TPSA) is 37.3 Å². The Morgan fingerprint density at radius 3 is 2.30 bits per heavy atom. The van der Waals surface area contributed by atoms with Gasteiger partial charge < -0.3 is 5.11 Å². The van der Waals surface area contributed by atoms with Crippen LogP contribution in [0, 0.1) is 10.8 Å². The fourth-order valence-corrected chi connectivity index (χ4v) is 2.90. The van der Waals surface area contributed by atoms with E-state index in [4.69, 9.17) is 0 Å². The number of carboxylic acids is 1. The average molecular weight is 272 g/mol. The number of aliphatic carboxylic acids is 1. The minimum Gasteiger partial charge on any atom is -0.481 e. The highest BCUT2D eigenvalue weighted by Gasteiger charge is 2.43. The molecule has 0 aromatic heterocycles. The number of rotatable bonds is 4. The molecule has 0 saturated heterocycles. The van der Waals surface area contributed by atoms with Gasteiger partial charge >= 0.3 is 5.97 Å². The molecule has 2 nitrogen and oxygen atoms in total. The standard InChI is InChI=1S/C18H24O2/c1-17(2)11-13-18(14-12-17,16(19)20)10-6-9-15-7-4-3-5-8-15/h3-9H,10-14H2,1-2H3,(H,19,20). The Hall–Kier alpha value is -1.57. The fourth-order valence-electron chi connectivity index (χ4n) is 2.90. The van der Waals surface area contributed by atoms with E-state index in [0.717, 1.165) is 31.2 Å². The third kappa shape index (κ3) is 3.50. The lowest BCUT2D eigenvalue weighted by Gasteiger charge is -2.40. The van der Waals surface area contributed by atoms with Crippen molar-refractivity contribution in [3.8, 4) is 0 Å². The molecule has 0 bridgehead atoms. The normalized spacial score (nSPS) is 20.9. The average Bonchev–Trinajstić information content (AvgIpc) is 2.42. The molecule has 1 saturated carbocycles. The van der Waals surface area contributed by atoms with Crippen LogP contribution in [0.4, 0.5) is 0 Å². The molecule has 0 atom stereocenters. The van der Waals surface area contributed by atoms with Crippen molar-refractivity contribution < 1.29 is 9.90 Å². The summed E-state index contributed by atoms with van der Waals surface area (Å²) in [6.45, 7) is 4.47. The van der Waals surface area contributed by atoms with E-state index in [2.05, 4.69) is 13.8 Å². The van der Waals surface area contributed by atoms with Gasteiger partial charge in [0.2, 0.25) is 0 Å². The summed E-state index contributed by atoms with van der Waals surface area (Å²) >= 11 is 0. The van der Waals surface area contributed by atoms with E-state index in [1.807, 2.05) is 42.5 Å². The van der Waals surface area contributed by atoms with Gasteiger partial charge in [-0.1, -0.05) is 56.3 Å². The maximum absolute atomic E-state index is 11.7. The maximum Gasteiger partial charge on any atom is 0.309 e. The maximum atomic E-state index is 11.7. The molecule has 1 aliphatic carbocycles. The van der Waals surface area contributed by atoms with Crippen molar-refractivity contribution in [1.82, 2.24) is 0 Å². The first-order valence-corrected chi connectivity index (χ1v) is 7.39. The molecule has 0 spiro atoms. The zero-order chi connectivity index (χ0) is 14.6. The molecule has 1 aliphatic rings. The third-order valence-corrected chi connectivity index (χ3v) is 4.63. The van der Waals surface area contributed by atoms with Crippen LogP contribution < -0.4 is 0 Å². The number of carbonyl (C=O) groups is 1. The first kappa shape index (κ1) is 14.8. The van der Waals surface area contributed by atoms with Gasteiger partial charge in [0.1, 0.15) is 0 Å². The van der Waals surface area contributed by atoms with Crippen LogP contribution in [0.1, 0.15) is 51.5 Å². The van der Waals surface area contributed by atoms with E-state index in [1.54, 1.807) is 0 Å². The molecule has 1 aromatic rings. The van der Waals surface area contributed by atoms with Crippen molar-refractivity contribution in [2.24, 2.45) is 10.8 Å². The van der Waals surface area contributed by atoms with Crippen molar-refractivity contribution in [2.45, 2.75) is 46.0 Å². The predicted octanol–water partition coefficient (Wildman–Crippen LogP) is 4.76. The number of hydrogen-bond donors (Lipinski definition) is 1. The van der Waals surface area contributed by atoms with Gasteiger partial charge in [0.05, 0.1) is 5.41 Å². The monoisotopic (exact) mass is 272 g/mol. The molecule has 2 rings (SSSR count). The quantitative estimate of drug-likeness (QED) is 0.858. The summed E-state index contributed by atoms with van der Waals surface area (Å²) in [4.78, 5) is 11.7. The van der Waals surface area contributed by atoms with Crippen molar-refractivity contribution in [3.63, 3.8) is 0 Å². The SMILES string of the molecule is CC1(C)CCC(CC=Cc2ccccc2)(C(=O)O)CC1. The fraction of sp³-hybridized carbons (Fsp3) is 0.500. The van der Waals surface area contributed by atoms with E-state index in [-0.39, 0.29) is 0 Å². The predicted molar refractivity (Wildman–Crippen MR) is 82.4 cm³/mol. The van der Waals surface area contributed by atoms with Gasteiger partial charge in [-0.3, -0.25) is 4.79 Å². The van der Waals surface area contributed by atoms with Gasteiger partial charge in [0, 0.05) is 0 Å². The van der Waals surface area contributed by atoms with Gasteiger partial charge in [-0.2, -0.15) is 0 Å². The number of carboxylic acid groups (broad SMARTS) is 1. The van der Waals surface area contributed by atoms with Gasteiger partial charge in [0.25, 0.3) is 0 Å². The lowest BCUT2D eigenvalue weighted by Crippen LogP contribution is -2.37. The molecule has 1 fully saturated rings. The number of benzene rings is 1. The molecule has 1 aromatic carbocycles. The van der Waals surface area contributed by atoms with Crippen molar-refractivity contribution in [2.75, 3.05) is 0 Å². The Morgan fingerprint density at radius 2 is 1.75 bits per heavy atom. The van der Waals surface area contributed by atoms with E-state index in [1.165, 1.54) is 0 Å². The zero-order valence-corrected chi connectivity index (χ0v) is 12.4. The summed E-state index contributed by atoms with van der Waals surface area (Å²) < 4.78 is 0. The Balaban J connectivity index is 2.04. The Bertz CT molecular complexity index is 475. The van der Waals surface area contributed by atoms with Crippen LogP contribution in [-0.2, 0) is 4.79 Å². The Morgan fingerprint density at radius 1 is 1.15 bits per heavy atom. The second kappa shape index (κ2) is 5.82. The molecule has 1 N–H and O–H groups in total. The number of allylic oxidation sites excluding steroid dienone is 1. The second-order valence-electron chi connectivity index (χ2n) is 6.77. The van der Waals surface area contributed by atoms with Gasteiger partial charge in [-0.15, -0.1) is 0 Å². The highest BCUT2D eigenvalue weighted by Crippen LogP contribution is 2.47. The summed E-state index contributed by atoms with van der Waals surface area (Å²) in [5, 5.41) is 9.62. The minimum absolute atomic E-state index is 0.294. The lowest BCUT2D eigenvalue weighted by molar-refractivity contribution is -0.152. The van der Waals surface area contributed by atoms with Crippen LogP contribution in [0.25, 0.3) is 6.08 Å². The minimum atomic E-state index is -0.634. The van der Waals surface area contributed by atoms with Gasteiger partial charge in [-0.05, 0) is 43.1 Å². The largest absolute Gasteiger partial charge is 0.481 e. The van der Waals surface area contributed by atoms with E-state index < -0.39 is 11.4 Å². The van der Waals surface area contributed by atoms with Gasteiger partial charge in [0.15, 0.2) is 0 Å². The summed E-state index contributed by atoms with van der Waals surface area (Å²) in [7, 11) is 0. The molecule has 20 heavy (non-hydrogen) atoms.